The van der Waals surface area contributed by atoms with Crippen LogP contribution >= 0.6 is 11.6 Å². The normalized spacial score (nSPS) is 12.1. The van der Waals surface area contributed by atoms with Crippen LogP contribution in [0, 0.1) is 0 Å². The summed E-state index contributed by atoms with van der Waals surface area (Å²) in [4.78, 5) is 10.7. The number of carboxylic acids is 1. The van der Waals surface area contributed by atoms with E-state index in [4.69, 9.17) is 21.4 Å². The van der Waals surface area contributed by atoms with E-state index in [0.29, 0.717) is 10.8 Å². The van der Waals surface area contributed by atoms with Crippen LogP contribution in [0.4, 0.5) is 0 Å². The number of aliphatic carboxylic acids is 1. The third kappa shape index (κ3) is 2.62. The third-order valence-electron chi connectivity index (χ3n) is 2.41. The second kappa shape index (κ2) is 5.10. The van der Waals surface area contributed by atoms with Crippen molar-refractivity contribution in [3.63, 3.8) is 0 Å². The van der Waals surface area contributed by atoms with E-state index in [0.717, 1.165) is 11.1 Å². The summed E-state index contributed by atoms with van der Waals surface area (Å²) >= 11 is 6.05. The Morgan fingerprint density at radius 2 is 2.28 bits per heavy atom. The van der Waals surface area contributed by atoms with E-state index in [9.17, 15) is 4.79 Å². The smallest absolute Gasteiger partial charge is 0.344 e. The minimum absolute atomic E-state index is 0.346. The highest BCUT2D eigenvalue weighted by Gasteiger charge is 2.14. The quantitative estimate of drug-likeness (QED) is 0.892. The number of benzene rings is 1. The summed E-state index contributed by atoms with van der Waals surface area (Å²) in [5.41, 5.74) is 1.78. The molecule has 0 fully saturated rings. The Morgan fingerprint density at radius 1 is 1.50 bits per heavy atom. The van der Waals surface area contributed by atoms with Crippen molar-refractivity contribution in [2.24, 2.45) is 0 Å². The maximum atomic E-state index is 10.7. The summed E-state index contributed by atoms with van der Waals surface area (Å²) < 4.78 is 5.22. The molecule has 0 aliphatic heterocycles. The molecule has 2 aromatic rings. The molecule has 0 bridgehead atoms. The first kappa shape index (κ1) is 12.4. The number of rotatable bonds is 4. The minimum atomic E-state index is -1.04. The van der Waals surface area contributed by atoms with Crippen molar-refractivity contribution in [1.29, 1.82) is 0 Å². The van der Waals surface area contributed by atoms with Crippen molar-refractivity contribution < 1.29 is 14.6 Å². The average molecular weight is 267 g/mol. The summed E-state index contributed by atoms with van der Waals surface area (Å²) in [5.74, 6) is -0.691. The lowest BCUT2D eigenvalue weighted by molar-refractivity contribution is -0.144. The first-order valence-corrected chi connectivity index (χ1v) is 5.64. The van der Waals surface area contributed by atoms with Gasteiger partial charge in [0.2, 0.25) is 0 Å². The third-order valence-corrected chi connectivity index (χ3v) is 2.71. The molecule has 5 nitrogen and oxygen atoms in total. The number of aromatic amines is 1. The predicted octanol–water partition coefficient (Wildman–Crippen LogP) is 2.58. The molecule has 0 amide bonds. The minimum Gasteiger partial charge on any atom is -0.479 e. The lowest BCUT2D eigenvalue weighted by atomic mass is 10.1. The molecule has 1 atom stereocenters. The van der Waals surface area contributed by atoms with E-state index in [1.807, 2.05) is 0 Å². The van der Waals surface area contributed by atoms with Gasteiger partial charge in [-0.25, -0.2) is 4.79 Å². The average Bonchev–Trinajstić information content (AvgIpc) is 2.85. The van der Waals surface area contributed by atoms with Crippen molar-refractivity contribution in [2.45, 2.75) is 13.0 Å². The molecule has 94 valence electrons. The van der Waals surface area contributed by atoms with Gasteiger partial charge in [0.25, 0.3) is 0 Å². The number of carbonyl (C=O) groups is 1. The van der Waals surface area contributed by atoms with Gasteiger partial charge in [-0.1, -0.05) is 17.7 Å². The number of ether oxygens (including phenoxy) is 1. The van der Waals surface area contributed by atoms with Crippen LogP contribution in [-0.4, -0.2) is 27.4 Å². The lowest BCUT2D eigenvalue weighted by Crippen LogP contribution is -2.22. The van der Waals surface area contributed by atoms with Crippen molar-refractivity contribution in [3.8, 4) is 16.9 Å². The van der Waals surface area contributed by atoms with Gasteiger partial charge in [0.05, 0.1) is 11.2 Å². The van der Waals surface area contributed by atoms with Crippen molar-refractivity contribution in [2.75, 3.05) is 0 Å². The van der Waals surface area contributed by atoms with Crippen LogP contribution in [0.15, 0.2) is 30.6 Å². The van der Waals surface area contributed by atoms with Crippen LogP contribution in [0.3, 0.4) is 0 Å². The zero-order valence-corrected chi connectivity index (χ0v) is 10.3. The Kier molecular flexibility index (Phi) is 3.53. The molecule has 2 rings (SSSR count). The first-order chi connectivity index (χ1) is 8.58. The summed E-state index contributed by atoms with van der Waals surface area (Å²) in [5, 5.41) is 15.7. The Bertz CT molecular complexity index is 554. The number of H-pyrrole nitrogens is 1. The SMILES string of the molecule is CC(Oc1ccc(-c2cn[nH]c2)cc1Cl)C(=O)O. The first-order valence-electron chi connectivity index (χ1n) is 5.26. The molecule has 0 saturated heterocycles. The van der Waals surface area contributed by atoms with E-state index in [1.165, 1.54) is 6.92 Å². The topological polar surface area (TPSA) is 75.2 Å². The van der Waals surface area contributed by atoms with Gasteiger partial charge in [-0.3, -0.25) is 5.10 Å². The molecule has 1 unspecified atom stereocenters. The number of aromatic nitrogens is 2. The molecule has 0 aliphatic carbocycles. The van der Waals surface area contributed by atoms with E-state index in [1.54, 1.807) is 30.6 Å². The van der Waals surface area contributed by atoms with Crippen LogP contribution in [0.25, 0.3) is 11.1 Å². The zero-order chi connectivity index (χ0) is 13.1. The second-order valence-electron chi connectivity index (χ2n) is 3.73. The van der Waals surface area contributed by atoms with E-state index in [2.05, 4.69) is 10.2 Å². The molecule has 0 saturated carbocycles. The zero-order valence-electron chi connectivity index (χ0n) is 9.55. The van der Waals surface area contributed by atoms with Gasteiger partial charge in [0.15, 0.2) is 6.10 Å². The summed E-state index contributed by atoms with van der Waals surface area (Å²) in [6.07, 6.45) is 2.47. The molecule has 1 aromatic heterocycles. The fourth-order valence-corrected chi connectivity index (χ4v) is 1.65. The second-order valence-corrected chi connectivity index (χ2v) is 4.14. The summed E-state index contributed by atoms with van der Waals surface area (Å²) in [6, 6.07) is 5.14. The van der Waals surface area contributed by atoms with E-state index in [-0.39, 0.29) is 0 Å². The molecule has 1 aromatic carbocycles. The molecule has 0 radical (unpaired) electrons. The Hall–Kier alpha value is -2.01. The van der Waals surface area contributed by atoms with E-state index >= 15 is 0 Å². The number of carboxylic acid groups (broad SMARTS) is 1. The Morgan fingerprint density at radius 3 is 2.83 bits per heavy atom. The van der Waals surface area contributed by atoms with Crippen LogP contribution < -0.4 is 4.74 Å². The fourth-order valence-electron chi connectivity index (χ4n) is 1.43. The molecule has 1 heterocycles. The summed E-state index contributed by atoms with van der Waals surface area (Å²) in [7, 11) is 0. The van der Waals surface area contributed by atoms with E-state index < -0.39 is 12.1 Å². The molecule has 2 N–H and O–H groups in total. The fraction of sp³-hybridized carbons (Fsp3) is 0.167. The van der Waals surface area contributed by atoms with Gasteiger partial charge in [0.1, 0.15) is 5.75 Å². The molecule has 0 aliphatic rings. The molecular formula is C12H11ClN2O3. The van der Waals surface area contributed by atoms with Crippen LogP contribution in [0.1, 0.15) is 6.92 Å². The van der Waals surface area contributed by atoms with Crippen molar-refractivity contribution >= 4 is 17.6 Å². The van der Waals surface area contributed by atoms with Gasteiger partial charge in [-0.2, -0.15) is 5.10 Å². The molecule has 0 spiro atoms. The number of halogens is 1. The molecular weight excluding hydrogens is 256 g/mol. The van der Waals surface area contributed by atoms with Crippen molar-refractivity contribution in [1.82, 2.24) is 10.2 Å². The molecule has 6 heteroatoms. The Balaban J connectivity index is 2.23. The van der Waals surface area contributed by atoms with Crippen molar-refractivity contribution in [3.05, 3.63) is 35.6 Å². The maximum absolute atomic E-state index is 10.7. The summed E-state index contributed by atoms with van der Waals surface area (Å²) in [6.45, 7) is 1.45. The number of nitrogens with zero attached hydrogens (tertiary/aromatic N) is 1. The number of hydrogen-bond donors (Lipinski definition) is 2. The van der Waals surface area contributed by atoms with Crippen LogP contribution in [-0.2, 0) is 4.79 Å². The maximum Gasteiger partial charge on any atom is 0.344 e. The number of hydrogen-bond acceptors (Lipinski definition) is 3. The van der Waals surface area contributed by atoms with Gasteiger partial charge in [-0.05, 0) is 24.6 Å². The van der Waals surface area contributed by atoms with Crippen LogP contribution in [0.5, 0.6) is 5.75 Å². The van der Waals surface area contributed by atoms with Gasteiger partial charge >= 0.3 is 5.97 Å². The highest BCUT2D eigenvalue weighted by atomic mass is 35.5. The standard InChI is InChI=1S/C12H11ClN2O3/c1-7(12(16)17)18-11-3-2-8(4-10(11)13)9-5-14-15-6-9/h2-7H,1H3,(H,14,15)(H,16,17). The highest BCUT2D eigenvalue weighted by Crippen LogP contribution is 2.30. The molecule has 18 heavy (non-hydrogen) atoms. The Labute approximate surface area is 108 Å². The van der Waals surface area contributed by atoms with Gasteiger partial charge in [0, 0.05) is 11.8 Å². The monoisotopic (exact) mass is 266 g/mol. The van der Waals surface area contributed by atoms with Gasteiger partial charge < -0.3 is 9.84 Å². The van der Waals surface area contributed by atoms with Gasteiger partial charge in [-0.15, -0.1) is 0 Å². The largest absolute Gasteiger partial charge is 0.479 e. The number of nitrogens with one attached hydrogen (secondary N) is 1. The van der Waals surface area contributed by atoms with Crippen LogP contribution in [0.2, 0.25) is 5.02 Å². The predicted molar refractivity (Wildman–Crippen MR) is 66.8 cm³/mol. The lowest BCUT2D eigenvalue weighted by Gasteiger charge is -2.12. The highest BCUT2D eigenvalue weighted by molar-refractivity contribution is 6.32.